The number of aromatic nitrogens is 1. The first-order chi connectivity index (χ1) is 9.20. The average Bonchev–Trinajstić information content (AvgIpc) is 2.42. The molecule has 0 saturated heterocycles. The average molecular weight is 258 g/mol. The van der Waals surface area contributed by atoms with E-state index in [0.29, 0.717) is 29.7 Å². The second-order valence-corrected chi connectivity index (χ2v) is 4.30. The summed E-state index contributed by atoms with van der Waals surface area (Å²) < 4.78 is 11.4. The van der Waals surface area contributed by atoms with E-state index in [0.717, 1.165) is 12.0 Å². The molecule has 0 saturated carbocycles. The van der Waals surface area contributed by atoms with Gasteiger partial charge in [0.25, 0.3) is 5.88 Å². The van der Waals surface area contributed by atoms with Crippen LogP contribution in [0.25, 0.3) is 0 Å². The number of hydrogen-bond acceptors (Lipinski definition) is 4. The van der Waals surface area contributed by atoms with Gasteiger partial charge in [-0.1, -0.05) is 13.0 Å². The molecular formula is C15H18N2O2. The van der Waals surface area contributed by atoms with Crippen molar-refractivity contribution in [1.29, 1.82) is 0 Å². The SMILES string of the molecule is CCCOc1cccnc1Oc1cc(C)ccc1N. The molecule has 0 radical (unpaired) electrons. The van der Waals surface area contributed by atoms with Crippen LogP contribution in [0.5, 0.6) is 17.4 Å². The number of pyridine rings is 1. The number of aryl methyl sites for hydroxylation is 1. The first kappa shape index (κ1) is 13.2. The molecule has 2 aromatic rings. The number of ether oxygens (including phenoxy) is 2. The van der Waals surface area contributed by atoms with Crippen molar-refractivity contribution in [1.82, 2.24) is 4.98 Å². The highest BCUT2D eigenvalue weighted by molar-refractivity contribution is 5.55. The molecule has 0 bridgehead atoms. The maximum atomic E-state index is 5.89. The van der Waals surface area contributed by atoms with E-state index < -0.39 is 0 Å². The number of benzene rings is 1. The lowest BCUT2D eigenvalue weighted by Crippen LogP contribution is -2.00. The van der Waals surface area contributed by atoms with Crippen LogP contribution in [0.3, 0.4) is 0 Å². The van der Waals surface area contributed by atoms with Crippen LogP contribution < -0.4 is 15.2 Å². The molecule has 1 aromatic carbocycles. The van der Waals surface area contributed by atoms with Crippen molar-refractivity contribution in [3.8, 4) is 17.4 Å². The van der Waals surface area contributed by atoms with Crippen molar-refractivity contribution >= 4 is 5.69 Å². The van der Waals surface area contributed by atoms with Crippen LogP contribution in [0.15, 0.2) is 36.5 Å². The zero-order chi connectivity index (χ0) is 13.7. The van der Waals surface area contributed by atoms with E-state index >= 15 is 0 Å². The van der Waals surface area contributed by atoms with Gasteiger partial charge in [-0.25, -0.2) is 4.98 Å². The van der Waals surface area contributed by atoms with Crippen molar-refractivity contribution in [3.05, 3.63) is 42.1 Å². The third kappa shape index (κ3) is 3.37. The number of nitrogens with zero attached hydrogens (tertiary/aromatic N) is 1. The van der Waals surface area contributed by atoms with E-state index in [4.69, 9.17) is 15.2 Å². The summed E-state index contributed by atoms with van der Waals surface area (Å²) in [6, 6.07) is 9.30. The van der Waals surface area contributed by atoms with Gasteiger partial charge in [-0.3, -0.25) is 0 Å². The van der Waals surface area contributed by atoms with Crippen LogP contribution >= 0.6 is 0 Å². The van der Waals surface area contributed by atoms with Crippen molar-refractivity contribution < 1.29 is 9.47 Å². The molecule has 1 heterocycles. The van der Waals surface area contributed by atoms with E-state index in [1.807, 2.05) is 37.3 Å². The van der Waals surface area contributed by atoms with Crippen LogP contribution in [0.2, 0.25) is 0 Å². The molecule has 0 atom stereocenters. The second-order valence-electron chi connectivity index (χ2n) is 4.30. The molecule has 0 amide bonds. The summed E-state index contributed by atoms with van der Waals surface area (Å²) >= 11 is 0. The van der Waals surface area contributed by atoms with E-state index in [1.54, 1.807) is 6.20 Å². The Morgan fingerprint density at radius 1 is 1.21 bits per heavy atom. The number of rotatable bonds is 5. The van der Waals surface area contributed by atoms with Gasteiger partial charge < -0.3 is 15.2 Å². The fourth-order valence-corrected chi connectivity index (χ4v) is 1.61. The molecule has 0 aliphatic carbocycles. The third-order valence-corrected chi connectivity index (χ3v) is 2.57. The summed E-state index contributed by atoms with van der Waals surface area (Å²) in [6.45, 7) is 4.67. The number of nitrogen functional groups attached to an aromatic ring is 1. The molecule has 0 unspecified atom stereocenters. The minimum Gasteiger partial charge on any atom is -0.488 e. The molecule has 4 nitrogen and oxygen atoms in total. The summed E-state index contributed by atoms with van der Waals surface area (Å²) in [5.74, 6) is 1.67. The molecular weight excluding hydrogens is 240 g/mol. The Morgan fingerprint density at radius 3 is 2.84 bits per heavy atom. The van der Waals surface area contributed by atoms with Gasteiger partial charge in [0, 0.05) is 6.20 Å². The predicted octanol–water partition coefficient (Wildman–Crippen LogP) is 3.55. The molecule has 0 spiro atoms. The standard InChI is InChI=1S/C15H18N2O2/c1-3-9-18-13-5-4-8-17-15(13)19-14-10-11(2)6-7-12(14)16/h4-8,10H,3,9,16H2,1-2H3. The molecule has 2 rings (SSSR count). The highest BCUT2D eigenvalue weighted by Gasteiger charge is 2.09. The molecule has 19 heavy (non-hydrogen) atoms. The third-order valence-electron chi connectivity index (χ3n) is 2.57. The summed E-state index contributed by atoms with van der Waals surface area (Å²) in [5.41, 5.74) is 7.55. The summed E-state index contributed by atoms with van der Waals surface area (Å²) in [7, 11) is 0. The van der Waals surface area contributed by atoms with Gasteiger partial charge in [0.15, 0.2) is 11.5 Å². The van der Waals surface area contributed by atoms with E-state index in [-0.39, 0.29) is 0 Å². The first-order valence-corrected chi connectivity index (χ1v) is 6.32. The zero-order valence-electron chi connectivity index (χ0n) is 11.2. The van der Waals surface area contributed by atoms with Crippen LogP contribution in [0.4, 0.5) is 5.69 Å². The van der Waals surface area contributed by atoms with Crippen LogP contribution in [0, 0.1) is 6.92 Å². The Balaban J connectivity index is 2.25. The van der Waals surface area contributed by atoms with Crippen molar-refractivity contribution in [2.24, 2.45) is 0 Å². The van der Waals surface area contributed by atoms with Gasteiger partial charge in [-0.05, 0) is 43.2 Å². The van der Waals surface area contributed by atoms with Crippen molar-refractivity contribution in [2.75, 3.05) is 12.3 Å². The predicted molar refractivity (Wildman–Crippen MR) is 75.7 cm³/mol. The first-order valence-electron chi connectivity index (χ1n) is 6.32. The number of nitrogens with two attached hydrogens (primary N) is 1. The second kappa shape index (κ2) is 6.09. The molecule has 2 N–H and O–H groups in total. The van der Waals surface area contributed by atoms with Gasteiger partial charge in [-0.15, -0.1) is 0 Å². The lowest BCUT2D eigenvalue weighted by molar-refractivity contribution is 0.298. The Kier molecular flexibility index (Phi) is 4.23. The van der Waals surface area contributed by atoms with Gasteiger partial charge in [0.05, 0.1) is 12.3 Å². The zero-order valence-corrected chi connectivity index (χ0v) is 11.2. The Hall–Kier alpha value is -2.23. The molecule has 0 aliphatic rings. The fourth-order valence-electron chi connectivity index (χ4n) is 1.61. The lowest BCUT2D eigenvalue weighted by Gasteiger charge is -2.12. The number of hydrogen-bond donors (Lipinski definition) is 1. The Morgan fingerprint density at radius 2 is 2.05 bits per heavy atom. The minimum atomic E-state index is 0.438. The van der Waals surface area contributed by atoms with Crippen LogP contribution in [-0.2, 0) is 0 Å². The van der Waals surface area contributed by atoms with Crippen molar-refractivity contribution in [2.45, 2.75) is 20.3 Å². The number of anilines is 1. The molecule has 100 valence electrons. The molecule has 0 aliphatic heterocycles. The van der Waals surface area contributed by atoms with Crippen LogP contribution in [0.1, 0.15) is 18.9 Å². The van der Waals surface area contributed by atoms with Crippen molar-refractivity contribution in [3.63, 3.8) is 0 Å². The summed E-state index contributed by atoms with van der Waals surface area (Å²) in [6.07, 6.45) is 2.60. The quantitative estimate of drug-likeness (QED) is 0.833. The fraction of sp³-hybridized carbons (Fsp3) is 0.267. The molecule has 4 heteroatoms. The monoisotopic (exact) mass is 258 g/mol. The van der Waals surface area contributed by atoms with E-state index in [9.17, 15) is 0 Å². The highest BCUT2D eigenvalue weighted by atomic mass is 16.5. The van der Waals surface area contributed by atoms with Gasteiger partial charge in [0.2, 0.25) is 0 Å². The maximum Gasteiger partial charge on any atom is 0.262 e. The normalized spacial score (nSPS) is 10.2. The topological polar surface area (TPSA) is 57.4 Å². The van der Waals surface area contributed by atoms with Gasteiger partial charge in [-0.2, -0.15) is 0 Å². The van der Waals surface area contributed by atoms with Gasteiger partial charge in [0.1, 0.15) is 0 Å². The molecule has 1 aromatic heterocycles. The Bertz CT molecular complexity index is 556. The molecule has 0 fully saturated rings. The Labute approximate surface area is 113 Å². The largest absolute Gasteiger partial charge is 0.488 e. The summed E-state index contributed by atoms with van der Waals surface area (Å²) in [4.78, 5) is 4.19. The smallest absolute Gasteiger partial charge is 0.262 e. The lowest BCUT2D eigenvalue weighted by atomic mass is 10.2. The van der Waals surface area contributed by atoms with Gasteiger partial charge >= 0.3 is 0 Å². The highest BCUT2D eigenvalue weighted by Crippen LogP contribution is 2.32. The van der Waals surface area contributed by atoms with E-state index in [2.05, 4.69) is 11.9 Å². The minimum absolute atomic E-state index is 0.438. The summed E-state index contributed by atoms with van der Waals surface area (Å²) in [5, 5.41) is 0. The maximum absolute atomic E-state index is 5.89. The van der Waals surface area contributed by atoms with Crippen LogP contribution in [-0.4, -0.2) is 11.6 Å². The van der Waals surface area contributed by atoms with E-state index in [1.165, 1.54) is 0 Å².